The highest BCUT2D eigenvalue weighted by atomic mass is 16.3. The number of rotatable bonds is 5. The van der Waals surface area contributed by atoms with Gasteiger partial charge in [0.05, 0.1) is 5.60 Å². The Kier molecular flexibility index (Phi) is 3.71. The molecule has 1 saturated carbocycles. The maximum Gasteiger partial charge on any atom is 0.135 e. The molecule has 3 N–H and O–H groups in total. The lowest BCUT2D eigenvalue weighted by Gasteiger charge is -2.37. The van der Waals surface area contributed by atoms with E-state index in [0.717, 1.165) is 36.5 Å². The molecule has 100 valence electrons. The molecule has 0 radical (unpaired) electrons. The first-order chi connectivity index (χ1) is 8.56. The topological polar surface area (TPSA) is 70.1 Å². The summed E-state index contributed by atoms with van der Waals surface area (Å²) in [6, 6.07) is 0. The van der Waals surface area contributed by atoms with E-state index in [0.29, 0.717) is 12.5 Å². The van der Waals surface area contributed by atoms with Crippen LogP contribution in [0.1, 0.15) is 44.6 Å². The summed E-state index contributed by atoms with van der Waals surface area (Å²) in [6.45, 7) is 4.79. The maximum absolute atomic E-state index is 10.1. The van der Waals surface area contributed by atoms with Gasteiger partial charge in [0, 0.05) is 19.2 Å². The summed E-state index contributed by atoms with van der Waals surface area (Å²) in [5.41, 5.74) is 0.529. The van der Waals surface area contributed by atoms with Crippen LogP contribution in [0.4, 0.5) is 11.6 Å². The maximum atomic E-state index is 10.1. The van der Waals surface area contributed by atoms with Crippen molar-refractivity contribution in [3.8, 4) is 0 Å². The van der Waals surface area contributed by atoms with Gasteiger partial charge in [0.15, 0.2) is 0 Å². The van der Waals surface area contributed by atoms with Crippen LogP contribution in [-0.2, 0) is 0 Å². The van der Waals surface area contributed by atoms with E-state index in [1.54, 1.807) is 6.33 Å². The first-order valence-electron chi connectivity index (χ1n) is 6.54. The van der Waals surface area contributed by atoms with Gasteiger partial charge in [-0.15, -0.1) is 0 Å². The molecule has 0 aliphatic heterocycles. The average molecular weight is 250 g/mol. The summed E-state index contributed by atoms with van der Waals surface area (Å²) in [4.78, 5) is 8.53. The standard InChI is InChI=1S/C13H22N4O/c1-9(2)10-11(14-3)16-8-17-12(10)15-7-13(18)5-4-6-13/h8-9,18H,4-7H2,1-3H3,(H2,14,15,16,17). The molecule has 18 heavy (non-hydrogen) atoms. The van der Waals surface area contributed by atoms with Crippen molar-refractivity contribution < 1.29 is 5.11 Å². The van der Waals surface area contributed by atoms with Gasteiger partial charge >= 0.3 is 0 Å². The van der Waals surface area contributed by atoms with Crippen LogP contribution < -0.4 is 10.6 Å². The molecule has 0 spiro atoms. The molecule has 1 aromatic rings. The summed E-state index contributed by atoms with van der Waals surface area (Å²) < 4.78 is 0. The summed E-state index contributed by atoms with van der Waals surface area (Å²) in [6.07, 6.45) is 4.41. The Morgan fingerprint density at radius 1 is 1.33 bits per heavy atom. The van der Waals surface area contributed by atoms with Crippen molar-refractivity contribution in [2.24, 2.45) is 0 Å². The Bertz CT molecular complexity index is 415. The minimum atomic E-state index is -0.543. The van der Waals surface area contributed by atoms with Gasteiger partial charge in [0.2, 0.25) is 0 Å². The molecular weight excluding hydrogens is 228 g/mol. The number of hydrogen-bond acceptors (Lipinski definition) is 5. The number of nitrogens with one attached hydrogen (secondary N) is 2. The Morgan fingerprint density at radius 3 is 2.50 bits per heavy atom. The molecule has 5 nitrogen and oxygen atoms in total. The predicted molar refractivity (Wildman–Crippen MR) is 73.0 cm³/mol. The second-order valence-electron chi connectivity index (χ2n) is 5.32. The zero-order valence-corrected chi connectivity index (χ0v) is 11.3. The van der Waals surface area contributed by atoms with Crippen molar-refractivity contribution in [1.29, 1.82) is 0 Å². The molecule has 1 aliphatic rings. The summed E-state index contributed by atoms with van der Waals surface area (Å²) >= 11 is 0. The predicted octanol–water partition coefficient (Wildman–Crippen LogP) is 1.97. The van der Waals surface area contributed by atoms with E-state index in [1.807, 2.05) is 7.05 Å². The monoisotopic (exact) mass is 250 g/mol. The van der Waals surface area contributed by atoms with Gasteiger partial charge in [-0.1, -0.05) is 13.8 Å². The molecule has 0 aromatic carbocycles. The van der Waals surface area contributed by atoms with Crippen LogP contribution in [0, 0.1) is 0 Å². The molecule has 1 heterocycles. The lowest BCUT2D eigenvalue weighted by atomic mass is 9.80. The second-order valence-corrected chi connectivity index (χ2v) is 5.32. The Morgan fingerprint density at radius 2 is 2.00 bits per heavy atom. The van der Waals surface area contributed by atoms with Gasteiger partial charge in [-0.05, 0) is 25.2 Å². The molecule has 0 unspecified atom stereocenters. The molecule has 5 heteroatoms. The Labute approximate surface area is 108 Å². The minimum Gasteiger partial charge on any atom is -0.388 e. The van der Waals surface area contributed by atoms with Crippen LogP contribution in [0.3, 0.4) is 0 Å². The van der Waals surface area contributed by atoms with Crippen LogP contribution in [0.2, 0.25) is 0 Å². The lowest BCUT2D eigenvalue weighted by molar-refractivity contribution is -0.0202. The van der Waals surface area contributed by atoms with Gasteiger partial charge in [0.1, 0.15) is 18.0 Å². The zero-order valence-electron chi connectivity index (χ0n) is 11.3. The van der Waals surface area contributed by atoms with E-state index < -0.39 is 5.60 Å². The third-order valence-corrected chi connectivity index (χ3v) is 3.57. The first-order valence-corrected chi connectivity index (χ1v) is 6.54. The molecule has 1 aromatic heterocycles. The largest absolute Gasteiger partial charge is 0.388 e. The quantitative estimate of drug-likeness (QED) is 0.745. The Hall–Kier alpha value is -1.36. The van der Waals surface area contributed by atoms with E-state index in [-0.39, 0.29) is 0 Å². The normalized spacial score (nSPS) is 17.4. The molecule has 1 aliphatic carbocycles. The van der Waals surface area contributed by atoms with Crippen molar-refractivity contribution in [2.75, 3.05) is 24.2 Å². The fraction of sp³-hybridized carbons (Fsp3) is 0.692. The number of aromatic nitrogens is 2. The summed E-state index contributed by atoms with van der Waals surface area (Å²) in [5, 5.41) is 16.5. The highest BCUT2D eigenvalue weighted by molar-refractivity contribution is 5.58. The van der Waals surface area contributed by atoms with Gasteiger partial charge < -0.3 is 15.7 Å². The number of hydrogen-bond donors (Lipinski definition) is 3. The van der Waals surface area contributed by atoms with Gasteiger partial charge in [-0.25, -0.2) is 9.97 Å². The molecule has 0 bridgehead atoms. The number of anilines is 2. The molecular formula is C13H22N4O. The van der Waals surface area contributed by atoms with Gasteiger partial charge in [-0.2, -0.15) is 0 Å². The molecule has 0 saturated heterocycles. The molecule has 0 amide bonds. The fourth-order valence-corrected chi connectivity index (χ4v) is 2.29. The highest BCUT2D eigenvalue weighted by Crippen LogP contribution is 2.33. The highest BCUT2D eigenvalue weighted by Gasteiger charge is 2.34. The molecule has 0 atom stereocenters. The molecule has 1 fully saturated rings. The molecule has 2 rings (SSSR count). The van der Waals surface area contributed by atoms with E-state index in [1.165, 1.54) is 0 Å². The van der Waals surface area contributed by atoms with Gasteiger partial charge in [0.25, 0.3) is 0 Å². The first kappa shape index (κ1) is 13.1. The zero-order chi connectivity index (χ0) is 13.2. The summed E-state index contributed by atoms with van der Waals surface area (Å²) in [7, 11) is 1.86. The van der Waals surface area contributed by atoms with Crippen molar-refractivity contribution >= 4 is 11.6 Å². The third kappa shape index (κ3) is 2.56. The lowest BCUT2D eigenvalue weighted by Crippen LogP contribution is -2.43. The van der Waals surface area contributed by atoms with Crippen molar-refractivity contribution in [1.82, 2.24) is 9.97 Å². The second kappa shape index (κ2) is 5.10. The van der Waals surface area contributed by atoms with Crippen LogP contribution in [-0.4, -0.2) is 34.3 Å². The fourth-order valence-electron chi connectivity index (χ4n) is 2.29. The summed E-state index contributed by atoms with van der Waals surface area (Å²) in [5.74, 6) is 2.00. The van der Waals surface area contributed by atoms with Crippen molar-refractivity contribution in [2.45, 2.75) is 44.6 Å². The van der Waals surface area contributed by atoms with E-state index >= 15 is 0 Å². The van der Waals surface area contributed by atoms with Crippen molar-refractivity contribution in [3.63, 3.8) is 0 Å². The van der Waals surface area contributed by atoms with Gasteiger partial charge in [-0.3, -0.25) is 0 Å². The van der Waals surface area contributed by atoms with Crippen LogP contribution in [0.5, 0.6) is 0 Å². The minimum absolute atomic E-state index is 0.326. The van der Waals surface area contributed by atoms with E-state index in [4.69, 9.17) is 0 Å². The number of aliphatic hydroxyl groups is 1. The number of nitrogens with zero attached hydrogens (tertiary/aromatic N) is 2. The SMILES string of the molecule is CNc1ncnc(NCC2(O)CCC2)c1C(C)C. The Balaban J connectivity index is 2.16. The smallest absolute Gasteiger partial charge is 0.135 e. The van der Waals surface area contributed by atoms with Crippen LogP contribution >= 0.6 is 0 Å². The van der Waals surface area contributed by atoms with Crippen LogP contribution in [0.15, 0.2) is 6.33 Å². The third-order valence-electron chi connectivity index (χ3n) is 3.57. The van der Waals surface area contributed by atoms with E-state index in [2.05, 4.69) is 34.4 Å². The van der Waals surface area contributed by atoms with Crippen LogP contribution in [0.25, 0.3) is 0 Å². The average Bonchev–Trinajstić information content (AvgIpc) is 2.33. The van der Waals surface area contributed by atoms with Crippen molar-refractivity contribution in [3.05, 3.63) is 11.9 Å². The van der Waals surface area contributed by atoms with E-state index in [9.17, 15) is 5.11 Å².